The number of hydrogen-bond donors (Lipinski definition) is 1. The average Bonchev–Trinajstić information content (AvgIpc) is 3.28. The molecule has 28 heavy (non-hydrogen) atoms. The summed E-state index contributed by atoms with van der Waals surface area (Å²) in [5.41, 5.74) is 2.18. The van der Waals surface area contributed by atoms with Crippen molar-refractivity contribution in [3.63, 3.8) is 0 Å². The van der Waals surface area contributed by atoms with Crippen molar-refractivity contribution in [2.45, 2.75) is 13.0 Å². The molecule has 0 amide bonds. The summed E-state index contributed by atoms with van der Waals surface area (Å²) in [5.74, 6) is 0.732. The maximum Gasteiger partial charge on any atom is 0.205 e. The quantitative estimate of drug-likeness (QED) is 0.463. The zero-order valence-electron chi connectivity index (χ0n) is 15.7. The number of aryl methyl sites for hydroxylation is 1. The molecule has 1 aromatic heterocycles. The minimum Gasteiger partial charge on any atom is -0.467 e. The molecular formula is C24H22NO2P. The first-order valence-corrected chi connectivity index (χ1v) is 11.0. The number of rotatable bonds is 6. The molecule has 1 N–H and O–H groups in total. The van der Waals surface area contributed by atoms with Crippen LogP contribution in [0.25, 0.3) is 0 Å². The fourth-order valence-corrected chi connectivity index (χ4v) is 5.69. The predicted octanol–water partition coefficient (Wildman–Crippen LogP) is 5.20. The SMILES string of the molecule is Cc1ccc([C@@H](NP(=O)(c2ccccc2)c2ccccc2)c2ccco2)cc1. The zero-order chi connectivity index (χ0) is 19.4. The Morgan fingerprint density at radius 3 is 1.82 bits per heavy atom. The molecule has 0 fully saturated rings. The van der Waals surface area contributed by atoms with Gasteiger partial charge in [0.2, 0.25) is 7.29 Å². The third-order valence-corrected chi connectivity index (χ3v) is 7.46. The molecule has 0 saturated carbocycles. The molecule has 4 heteroatoms. The van der Waals surface area contributed by atoms with Crippen LogP contribution in [0.2, 0.25) is 0 Å². The van der Waals surface area contributed by atoms with Gasteiger partial charge in [0.25, 0.3) is 0 Å². The van der Waals surface area contributed by atoms with E-state index in [0.29, 0.717) is 0 Å². The maximum atomic E-state index is 14.4. The molecule has 3 nitrogen and oxygen atoms in total. The molecule has 0 aliphatic carbocycles. The van der Waals surface area contributed by atoms with Crippen molar-refractivity contribution in [1.82, 2.24) is 5.09 Å². The van der Waals surface area contributed by atoms with E-state index < -0.39 is 7.29 Å². The molecule has 0 bridgehead atoms. The van der Waals surface area contributed by atoms with Crippen LogP contribution < -0.4 is 15.7 Å². The molecular weight excluding hydrogens is 365 g/mol. The fourth-order valence-electron chi connectivity index (χ4n) is 3.27. The van der Waals surface area contributed by atoms with E-state index in [1.54, 1.807) is 6.26 Å². The van der Waals surface area contributed by atoms with Gasteiger partial charge in [-0.05, 0) is 48.9 Å². The Morgan fingerprint density at radius 2 is 1.32 bits per heavy atom. The van der Waals surface area contributed by atoms with Gasteiger partial charge in [0, 0.05) is 10.6 Å². The Kier molecular flexibility index (Phi) is 5.29. The van der Waals surface area contributed by atoms with E-state index in [2.05, 4.69) is 36.3 Å². The fraction of sp³-hybridized carbons (Fsp3) is 0.0833. The van der Waals surface area contributed by atoms with Crippen LogP contribution in [0, 0.1) is 6.92 Å². The lowest BCUT2D eigenvalue weighted by molar-refractivity contribution is 0.473. The zero-order valence-corrected chi connectivity index (χ0v) is 16.6. The highest BCUT2D eigenvalue weighted by molar-refractivity contribution is 7.76. The van der Waals surface area contributed by atoms with Crippen molar-refractivity contribution >= 4 is 17.9 Å². The lowest BCUT2D eigenvalue weighted by Crippen LogP contribution is -2.31. The van der Waals surface area contributed by atoms with Gasteiger partial charge in [0.05, 0.1) is 12.3 Å². The van der Waals surface area contributed by atoms with Crippen molar-refractivity contribution in [2.75, 3.05) is 0 Å². The highest BCUT2D eigenvalue weighted by Crippen LogP contribution is 2.43. The van der Waals surface area contributed by atoms with Crippen LogP contribution in [0.5, 0.6) is 0 Å². The van der Waals surface area contributed by atoms with Gasteiger partial charge >= 0.3 is 0 Å². The molecule has 0 radical (unpaired) electrons. The van der Waals surface area contributed by atoms with Crippen LogP contribution in [-0.4, -0.2) is 0 Å². The monoisotopic (exact) mass is 387 g/mol. The lowest BCUT2D eigenvalue weighted by Gasteiger charge is -2.26. The average molecular weight is 387 g/mol. The van der Waals surface area contributed by atoms with Crippen LogP contribution >= 0.6 is 7.29 Å². The molecule has 0 aliphatic heterocycles. The summed E-state index contributed by atoms with van der Waals surface area (Å²) in [6.45, 7) is 2.05. The summed E-state index contributed by atoms with van der Waals surface area (Å²) in [6, 6.07) is 30.8. The molecule has 140 valence electrons. The van der Waals surface area contributed by atoms with Gasteiger partial charge in [-0.25, -0.2) is 5.09 Å². The Hall–Kier alpha value is -2.87. The Bertz CT molecular complexity index is 1020. The number of furan rings is 1. The normalized spacial score (nSPS) is 12.6. The third-order valence-electron chi connectivity index (χ3n) is 4.79. The summed E-state index contributed by atoms with van der Waals surface area (Å²) >= 11 is 0. The van der Waals surface area contributed by atoms with E-state index in [1.165, 1.54) is 5.56 Å². The second-order valence-corrected chi connectivity index (χ2v) is 9.28. The van der Waals surface area contributed by atoms with Crippen molar-refractivity contribution in [3.05, 3.63) is 120 Å². The smallest absolute Gasteiger partial charge is 0.205 e. The standard InChI is InChI=1S/C24H22NO2P/c1-19-14-16-20(17-15-19)24(23-13-8-18-27-23)25-28(26,21-9-4-2-5-10-21)22-11-6-3-7-12-22/h2-18,24H,1H3,(H,25,26)/t24-/m1/s1. The summed E-state index contributed by atoms with van der Waals surface area (Å²) in [7, 11) is -3.11. The van der Waals surface area contributed by atoms with E-state index in [4.69, 9.17) is 4.42 Å². The minimum absolute atomic E-state index is 0.332. The van der Waals surface area contributed by atoms with Crippen LogP contribution in [0.4, 0.5) is 0 Å². The predicted molar refractivity (Wildman–Crippen MR) is 115 cm³/mol. The molecule has 0 aliphatic rings. The molecule has 1 heterocycles. The van der Waals surface area contributed by atoms with E-state index in [9.17, 15) is 4.57 Å². The van der Waals surface area contributed by atoms with Gasteiger partial charge in [-0.3, -0.25) is 4.57 Å². The molecule has 0 spiro atoms. The highest BCUT2D eigenvalue weighted by atomic mass is 31.2. The van der Waals surface area contributed by atoms with E-state index in [1.807, 2.05) is 72.8 Å². The minimum atomic E-state index is -3.11. The van der Waals surface area contributed by atoms with Crippen LogP contribution in [0.3, 0.4) is 0 Å². The van der Waals surface area contributed by atoms with Gasteiger partial charge in [-0.2, -0.15) is 0 Å². The van der Waals surface area contributed by atoms with E-state index in [0.717, 1.165) is 21.9 Å². The van der Waals surface area contributed by atoms with Gasteiger partial charge < -0.3 is 4.42 Å². The molecule has 4 rings (SSSR count). The Balaban J connectivity index is 1.84. The summed E-state index contributed by atoms with van der Waals surface area (Å²) in [5, 5.41) is 5.00. The molecule has 4 aromatic rings. The van der Waals surface area contributed by atoms with Gasteiger partial charge in [-0.15, -0.1) is 0 Å². The summed E-state index contributed by atoms with van der Waals surface area (Å²) in [4.78, 5) is 0. The van der Waals surface area contributed by atoms with Crippen LogP contribution in [0.15, 0.2) is 108 Å². The summed E-state index contributed by atoms with van der Waals surface area (Å²) < 4.78 is 20.1. The molecule has 3 aromatic carbocycles. The Morgan fingerprint density at radius 1 is 0.750 bits per heavy atom. The topological polar surface area (TPSA) is 42.2 Å². The molecule has 0 unspecified atom stereocenters. The van der Waals surface area contributed by atoms with Crippen molar-refractivity contribution in [1.29, 1.82) is 0 Å². The number of nitrogens with one attached hydrogen (secondary N) is 1. The van der Waals surface area contributed by atoms with Gasteiger partial charge in [0.1, 0.15) is 5.76 Å². The Labute approximate surface area is 165 Å². The molecule has 1 atom stereocenters. The lowest BCUT2D eigenvalue weighted by atomic mass is 10.0. The second kappa shape index (κ2) is 8.02. The second-order valence-electron chi connectivity index (χ2n) is 6.77. The summed E-state index contributed by atoms with van der Waals surface area (Å²) in [6.07, 6.45) is 1.65. The maximum absolute atomic E-state index is 14.4. The van der Waals surface area contributed by atoms with E-state index >= 15 is 0 Å². The van der Waals surface area contributed by atoms with Gasteiger partial charge in [0.15, 0.2) is 0 Å². The van der Waals surface area contributed by atoms with Crippen LogP contribution in [-0.2, 0) is 4.57 Å². The van der Waals surface area contributed by atoms with E-state index in [-0.39, 0.29) is 6.04 Å². The first-order chi connectivity index (χ1) is 13.7. The largest absolute Gasteiger partial charge is 0.467 e. The third kappa shape index (κ3) is 3.73. The van der Waals surface area contributed by atoms with Crippen molar-refractivity contribution in [2.24, 2.45) is 0 Å². The van der Waals surface area contributed by atoms with Gasteiger partial charge in [-0.1, -0.05) is 66.2 Å². The molecule has 0 saturated heterocycles. The first-order valence-electron chi connectivity index (χ1n) is 9.26. The number of benzene rings is 3. The highest BCUT2D eigenvalue weighted by Gasteiger charge is 2.32. The van der Waals surface area contributed by atoms with Crippen LogP contribution in [0.1, 0.15) is 22.9 Å². The number of hydrogen-bond acceptors (Lipinski definition) is 2. The van der Waals surface area contributed by atoms with Crippen molar-refractivity contribution < 1.29 is 8.98 Å². The first kappa shape index (κ1) is 18.5. The van der Waals surface area contributed by atoms with Crippen molar-refractivity contribution in [3.8, 4) is 0 Å².